The van der Waals surface area contributed by atoms with Gasteiger partial charge in [0.2, 0.25) is 10.0 Å². The van der Waals surface area contributed by atoms with E-state index in [0.29, 0.717) is 32.6 Å². The van der Waals surface area contributed by atoms with Crippen LogP contribution in [0.4, 0.5) is 0 Å². The van der Waals surface area contributed by atoms with E-state index in [-0.39, 0.29) is 12.0 Å². The fourth-order valence-electron chi connectivity index (χ4n) is 1.73. The van der Waals surface area contributed by atoms with Crippen LogP contribution < -0.4 is 15.4 Å². The molecule has 0 unspecified atom stereocenters. The summed E-state index contributed by atoms with van der Waals surface area (Å²) in [5, 5.41) is 15.0. The lowest BCUT2D eigenvalue weighted by Crippen LogP contribution is -2.68. The van der Waals surface area contributed by atoms with Crippen LogP contribution in [0.1, 0.15) is 12.8 Å². The lowest BCUT2D eigenvalue weighted by atomic mass is 9.88. The average molecular weight is 265 g/mol. The molecular formula is C9H19N3O4S. The van der Waals surface area contributed by atoms with E-state index in [1.165, 1.54) is 0 Å². The number of nitrogens with one attached hydrogen (secondary N) is 3. The van der Waals surface area contributed by atoms with Gasteiger partial charge in [0.1, 0.15) is 0 Å². The molecule has 100 valence electrons. The van der Waals surface area contributed by atoms with E-state index >= 15 is 0 Å². The lowest BCUT2D eigenvalue weighted by molar-refractivity contribution is -0.139. The molecule has 0 radical (unpaired) electrons. The topological polar surface area (TPSA) is 108 Å². The Bertz CT molecular complexity index is 364. The zero-order valence-electron chi connectivity index (χ0n) is 9.82. The van der Waals surface area contributed by atoms with Crippen molar-refractivity contribution in [1.29, 1.82) is 0 Å². The molecule has 8 heteroatoms. The van der Waals surface area contributed by atoms with Crippen molar-refractivity contribution in [3.8, 4) is 0 Å². The van der Waals surface area contributed by atoms with Gasteiger partial charge in [-0.15, -0.1) is 0 Å². The van der Waals surface area contributed by atoms with Crippen LogP contribution >= 0.6 is 0 Å². The van der Waals surface area contributed by atoms with E-state index in [1.807, 2.05) is 0 Å². The molecular weight excluding hydrogens is 246 g/mol. The molecule has 0 atom stereocenters. The Labute approximate surface area is 101 Å². The molecule has 1 rings (SSSR count). The van der Waals surface area contributed by atoms with Gasteiger partial charge in [0.25, 0.3) is 0 Å². The molecule has 0 aromatic rings. The Hall–Kier alpha value is -0.700. The van der Waals surface area contributed by atoms with Gasteiger partial charge in [-0.1, -0.05) is 0 Å². The molecule has 0 aliphatic carbocycles. The minimum absolute atomic E-state index is 0.0828. The minimum atomic E-state index is -3.13. The van der Waals surface area contributed by atoms with Gasteiger partial charge in [-0.25, -0.2) is 13.1 Å². The monoisotopic (exact) mass is 265 g/mol. The van der Waals surface area contributed by atoms with Crippen molar-refractivity contribution in [2.45, 2.75) is 18.4 Å². The molecule has 1 aliphatic rings. The SMILES string of the molecule is CS(=O)(=O)NCCCNC1(CC(=O)O)CNC1. The van der Waals surface area contributed by atoms with Crippen LogP contribution in [0.25, 0.3) is 0 Å². The predicted octanol–water partition coefficient (Wildman–Crippen LogP) is -1.67. The van der Waals surface area contributed by atoms with Crippen LogP contribution in [0.3, 0.4) is 0 Å². The third-order valence-corrected chi connectivity index (χ3v) is 3.36. The Kier molecular flexibility index (Phi) is 4.87. The smallest absolute Gasteiger partial charge is 0.305 e. The molecule has 0 spiro atoms. The highest BCUT2D eigenvalue weighted by Gasteiger charge is 2.38. The van der Waals surface area contributed by atoms with Gasteiger partial charge in [-0.05, 0) is 13.0 Å². The highest BCUT2D eigenvalue weighted by Crippen LogP contribution is 2.15. The molecule has 1 aliphatic heterocycles. The molecule has 1 heterocycles. The molecule has 0 bridgehead atoms. The molecule has 1 fully saturated rings. The Morgan fingerprint density at radius 3 is 2.47 bits per heavy atom. The van der Waals surface area contributed by atoms with Gasteiger partial charge < -0.3 is 15.7 Å². The molecule has 0 aromatic carbocycles. The van der Waals surface area contributed by atoms with Crippen molar-refractivity contribution in [1.82, 2.24) is 15.4 Å². The van der Waals surface area contributed by atoms with Crippen LogP contribution in [0.2, 0.25) is 0 Å². The Balaban J connectivity index is 2.18. The first kappa shape index (κ1) is 14.4. The van der Waals surface area contributed by atoms with Crippen LogP contribution in [0.5, 0.6) is 0 Å². The fourth-order valence-corrected chi connectivity index (χ4v) is 2.24. The first-order valence-electron chi connectivity index (χ1n) is 5.45. The maximum atomic E-state index is 10.8. The van der Waals surface area contributed by atoms with Gasteiger partial charge >= 0.3 is 5.97 Å². The molecule has 7 nitrogen and oxygen atoms in total. The molecule has 1 saturated heterocycles. The van der Waals surface area contributed by atoms with E-state index in [4.69, 9.17) is 5.11 Å². The van der Waals surface area contributed by atoms with Crippen LogP contribution in [0.15, 0.2) is 0 Å². The van der Waals surface area contributed by atoms with Crippen LogP contribution in [-0.2, 0) is 14.8 Å². The summed E-state index contributed by atoms with van der Waals surface area (Å²) in [6.45, 7) is 2.23. The zero-order valence-corrected chi connectivity index (χ0v) is 10.6. The van der Waals surface area contributed by atoms with Crippen molar-refractivity contribution < 1.29 is 18.3 Å². The maximum absolute atomic E-state index is 10.8. The summed E-state index contributed by atoms with van der Waals surface area (Å²) < 4.78 is 24.0. The standard InChI is InChI=1S/C9H19N3O4S/c1-17(15,16)12-4-2-3-11-9(5-8(13)14)6-10-7-9/h10-12H,2-7H2,1H3,(H,13,14). The lowest BCUT2D eigenvalue weighted by Gasteiger charge is -2.42. The van der Waals surface area contributed by atoms with Gasteiger partial charge in [0.05, 0.1) is 18.2 Å². The number of aliphatic carboxylic acids is 1. The number of rotatable bonds is 8. The fraction of sp³-hybridized carbons (Fsp3) is 0.889. The third-order valence-electron chi connectivity index (χ3n) is 2.63. The highest BCUT2D eigenvalue weighted by atomic mass is 32.2. The van der Waals surface area contributed by atoms with Crippen LogP contribution in [0, 0.1) is 0 Å². The third kappa shape index (κ3) is 5.44. The van der Waals surface area contributed by atoms with Crippen molar-refractivity contribution in [2.75, 3.05) is 32.4 Å². The molecule has 4 N–H and O–H groups in total. The van der Waals surface area contributed by atoms with Gasteiger partial charge in [0.15, 0.2) is 0 Å². The molecule has 0 saturated carbocycles. The van der Waals surface area contributed by atoms with E-state index < -0.39 is 16.0 Å². The van der Waals surface area contributed by atoms with Crippen molar-refractivity contribution in [3.05, 3.63) is 0 Å². The summed E-state index contributed by atoms with van der Waals surface area (Å²) in [6.07, 6.45) is 1.83. The second-order valence-electron chi connectivity index (χ2n) is 4.40. The summed E-state index contributed by atoms with van der Waals surface area (Å²) in [6, 6.07) is 0. The minimum Gasteiger partial charge on any atom is -0.481 e. The van der Waals surface area contributed by atoms with E-state index in [0.717, 1.165) is 6.26 Å². The van der Waals surface area contributed by atoms with Crippen molar-refractivity contribution >= 4 is 16.0 Å². The Morgan fingerprint density at radius 2 is 2.06 bits per heavy atom. The second-order valence-corrected chi connectivity index (χ2v) is 6.23. The van der Waals surface area contributed by atoms with Crippen LogP contribution in [-0.4, -0.2) is 57.5 Å². The number of sulfonamides is 1. The zero-order chi connectivity index (χ0) is 12.9. The van der Waals surface area contributed by atoms with Gasteiger partial charge in [-0.2, -0.15) is 0 Å². The first-order chi connectivity index (χ1) is 7.83. The molecule has 17 heavy (non-hydrogen) atoms. The summed E-state index contributed by atoms with van der Waals surface area (Å²) in [5.74, 6) is -0.826. The van der Waals surface area contributed by atoms with Gasteiger partial charge in [-0.3, -0.25) is 4.79 Å². The highest BCUT2D eigenvalue weighted by molar-refractivity contribution is 7.88. The summed E-state index contributed by atoms with van der Waals surface area (Å²) >= 11 is 0. The maximum Gasteiger partial charge on any atom is 0.305 e. The number of hydrogen-bond donors (Lipinski definition) is 4. The summed E-state index contributed by atoms with van der Waals surface area (Å²) in [4.78, 5) is 10.7. The first-order valence-corrected chi connectivity index (χ1v) is 7.34. The van der Waals surface area contributed by atoms with E-state index in [9.17, 15) is 13.2 Å². The van der Waals surface area contributed by atoms with E-state index in [1.54, 1.807) is 0 Å². The van der Waals surface area contributed by atoms with Gasteiger partial charge in [0, 0.05) is 19.6 Å². The number of carbonyl (C=O) groups is 1. The van der Waals surface area contributed by atoms with Crippen molar-refractivity contribution in [2.24, 2.45) is 0 Å². The Morgan fingerprint density at radius 1 is 1.41 bits per heavy atom. The number of carboxylic acid groups (broad SMARTS) is 1. The largest absolute Gasteiger partial charge is 0.481 e. The van der Waals surface area contributed by atoms with E-state index in [2.05, 4.69) is 15.4 Å². The summed E-state index contributed by atoms with van der Waals surface area (Å²) in [5.41, 5.74) is -0.364. The number of hydrogen-bond acceptors (Lipinski definition) is 5. The predicted molar refractivity (Wildman–Crippen MR) is 63.3 cm³/mol. The average Bonchev–Trinajstić information content (AvgIpc) is 2.10. The normalized spacial score (nSPS) is 18.6. The molecule has 0 amide bonds. The second kappa shape index (κ2) is 5.76. The number of carboxylic acids is 1. The summed E-state index contributed by atoms with van der Waals surface area (Å²) in [7, 11) is -3.13. The quantitative estimate of drug-likeness (QED) is 0.391. The molecule has 0 aromatic heterocycles. The van der Waals surface area contributed by atoms with Crippen molar-refractivity contribution in [3.63, 3.8) is 0 Å².